The fourth-order valence-corrected chi connectivity index (χ4v) is 2.32. The lowest BCUT2D eigenvalue weighted by Gasteiger charge is -2.11. The Hall–Kier alpha value is -1.43. The molecule has 1 saturated heterocycles. The Bertz CT molecular complexity index is 363. The average Bonchev–Trinajstić information content (AvgIpc) is 2.70. The molecule has 2 atom stereocenters. The molecule has 0 spiro atoms. The van der Waals surface area contributed by atoms with Gasteiger partial charge in [0.15, 0.2) is 0 Å². The van der Waals surface area contributed by atoms with Crippen LogP contribution in [0.3, 0.4) is 0 Å². The third-order valence-corrected chi connectivity index (χ3v) is 3.11. The Morgan fingerprint density at radius 2 is 2.50 bits per heavy atom. The van der Waals surface area contributed by atoms with Crippen molar-refractivity contribution in [2.24, 2.45) is 0 Å². The molecule has 74 valence electrons. The molecule has 1 aliphatic heterocycles. The van der Waals surface area contributed by atoms with Crippen LogP contribution in [0.1, 0.15) is 17.2 Å². The van der Waals surface area contributed by atoms with Crippen molar-refractivity contribution in [3.05, 3.63) is 16.6 Å². The Labute approximate surface area is 83.8 Å². The molecule has 1 aromatic rings. The predicted octanol–water partition coefficient (Wildman–Crippen LogP) is 0.200. The second kappa shape index (κ2) is 3.38. The number of hydrogen-bond donors (Lipinski definition) is 2. The molecular weight excluding hydrogens is 204 g/mol. The van der Waals surface area contributed by atoms with E-state index in [2.05, 4.69) is 10.3 Å². The first-order chi connectivity index (χ1) is 6.68. The third kappa shape index (κ3) is 1.48. The van der Waals surface area contributed by atoms with Crippen molar-refractivity contribution in [1.82, 2.24) is 10.3 Å². The number of carbonyl (C=O) groups excluding carboxylic acids is 1. The minimum absolute atomic E-state index is 0.212. The number of nitrogens with zero attached hydrogens (tertiary/aromatic N) is 1. The molecule has 6 heteroatoms. The summed E-state index contributed by atoms with van der Waals surface area (Å²) in [6, 6.07) is -0.803. The second-order valence-corrected chi connectivity index (χ2v) is 4.02. The van der Waals surface area contributed by atoms with Crippen molar-refractivity contribution in [3.63, 3.8) is 0 Å². The molecule has 2 heterocycles. The summed E-state index contributed by atoms with van der Waals surface area (Å²) in [7, 11) is 0. The van der Waals surface area contributed by atoms with Crippen LogP contribution in [0.4, 0.5) is 0 Å². The van der Waals surface area contributed by atoms with Crippen molar-refractivity contribution in [1.29, 1.82) is 0 Å². The molecule has 2 rings (SSSR count). The summed E-state index contributed by atoms with van der Waals surface area (Å²) >= 11 is 1.38. The Morgan fingerprint density at radius 3 is 3.07 bits per heavy atom. The van der Waals surface area contributed by atoms with Crippen molar-refractivity contribution < 1.29 is 14.7 Å². The number of aromatic nitrogens is 1. The van der Waals surface area contributed by atoms with Gasteiger partial charge in [-0.25, -0.2) is 4.79 Å². The van der Waals surface area contributed by atoms with Crippen LogP contribution in [-0.2, 0) is 9.59 Å². The predicted molar refractivity (Wildman–Crippen MR) is 49.0 cm³/mol. The molecule has 1 amide bonds. The van der Waals surface area contributed by atoms with Gasteiger partial charge in [-0.1, -0.05) is 0 Å². The van der Waals surface area contributed by atoms with Gasteiger partial charge in [0, 0.05) is 23.4 Å². The summed E-state index contributed by atoms with van der Waals surface area (Å²) < 4.78 is 0. The maximum atomic E-state index is 11.1. The van der Waals surface area contributed by atoms with E-state index in [0.29, 0.717) is 0 Å². The molecule has 0 bridgehead atoms. The van der Waals surface area contributed by atoms with Gasteiger partial charge in [-0.2, -0.15) is 0 Å². The fraction of sp³-hybridized carbons (Fsp3) is 0.375. The van der Waals surface area contributed by atoms with Crippen molar-refractivity contribution in [2.45, 2.75) is 18.4 Å². The van der Waals surface area contributed by atoms with Crippen molar-refractivity contribution in [2.75, 3.05) is 0 Å². The zero-order valence-corrected chi connectivity index (χ0v) is 7.95. The summed E-state index contributed by atoms with van der Waals surface area (Å²) in [5.74, 6) is -1.47. The molecule has 0 aromatic carbocycles. The van der Waals surface area contributed by atoms with Crippen LogP contribution in [0, 0.1) is 0 Å². The zero-order chi connectivity index (χ0) is 10.1. The molecule has 5 nitrogen and oxygen atoms in total. The lowest BCUT2D eigenvalue weighted by atomic mass is 10.00. The number of carbonyl (C=O) groups is 2. The highest BCUT2D eigenvalue weighted by molar-refractivity contribution is 7.09. The van der Waals surface area contributed by atoms with Crippen LogP contribution in [0.25, 0.3) is 0 Å². The summed E-state index contributed by atoms with van der Waals surface area (Å²) in [4.78, 5) is 26.6. The first-order valence-corrected chi connectivity index (χ1v) is 4.97. The van der Waals surface area contributed by atoms with Crippen LogP contribution < -0.4 is 5.32 Å². The van der Waals surface area contributed by atoms with Gasteiger partial charge < -0.3 is 10.4 Å². The molecule has 0 saturated carbocycles. The van der Waals surface area contributed by atoms with E-state index in [1.165, 1.54) is 11.3 Å². The Balaban J connectivity index is 2.26. The topological polar surface area (TPSA) is 79.3 Å². The van der Waals surface area contributed by atoms with E-state index in [4.69, 9.17) is 5.11 Å². The SMILES string of the molecule is O=C1CC(c2cncs2)C(C(=O)O)N1. The van der Waals surface area contributed by atoms with E-state index in [9.17, 15) is 9.59 Å². The third-order valence-electron chi connectivity index (χ3n) is 2.21. The maximum absolute atomic E-state index is 11.1. The fourth-order valence-electron chi connectivity index (χ4n) is 1.56. The Morgan fingerprint density at radius 1 is 1.71 bits per heavy atom. The molecule has 0 radical (unpaired) electrons. The standard InChI is InChI=1S/C8H8N2O3S/c11-6-1-4(5-2-9-3-14-5)7(10-6)8(12)13/h2-4,7H,1H2,(H,10,11)(H,12,13). The van der Waals surface area contributed by atoms with E-state index in [0.717, 1.165) is 4.88 Å². The van der Waals surface area contributed by atoms with Crippen molar-refractivity contribution >= 4 is 23.2 Å². The minimum atomic E-state index is -0.991. The van der Waals surface area contributed by atoms with E-state index >= 15 is 0 Å². The van der Waals surface area contributed by atoms with Gasteiger partial charge in [-0.3, -0.25) is 9.78 Å². The molecule has 0 aliphatic carbocycles. The van der Waals surface area contributed by atoms with Gasteiger partial charge in [0.05, 0.1) is 5.51 Å². The average molecular weight is 212 g/mol. The van der Waals surface area contributed by atoms with Gasteiger partial charge in [-0.15, -0.1) is 11.3 Å². The monoisotopic (exact) mass is 212 g/mol. The summed E-state index contributed by atoms with van der Waals surface area (Å²) in [5.41, 5.74) is 1.64. The minimum Gasteiger partial charge on any atom is -0.480 e. The van der Waals surface area contributed by atoms with E-state index in [1.807, 2.05) is 0 Å². The van der Waals surface area contributed by atoms with Gasteiger partial charge in [0.1, 0.15) is 6.04 Å². The largest absolute Gasteiger partial charge is 0.480 e. The van der Waals surface area contributed by atoms with E-state index in [1.54, 1.807) is 11.7 Å². The number of nitrogens with one attached hydrogen (secondary N) is 1. The molecule has 1 fully saturated rings. The summed E-state index contributed by atoms with van der Waals surface area (Å²) in [5, 5.41) is 11.3. The van der Waals surface area contributed by atoms with Crippen LogP contribution in [0.15, 0.2) is 11.7 Å². The van der Waals surface area contributed by atoms with Gasteiger partial charge in [-0.05, 0) is 0 Å². The lowest BCUT2D eigenvalue weighted by molar-refractivity contribution is -0.140. The highest BCUT2D eigenvalue weighted by Crippen LogP contribution is 2.30. The number of thiazole rings is 1. The van der Waals surface area contributed by atoms with Gasteiger partial charge in [0.2, 0.25) is 5.91 Å². The maximum Gasteiger partial charge on any atom is 0.326 e. The normalized spacial score (nSPS) is 26.1. The zero-order valence-electron chi connectivity index (χ0n) is 7.14. The summed E-state index contributed by atoms with van der Waals surface area (Å²) in [6.07, 6.45) is 1.85. The smallest absolute Gasteiger partial charge is 0.326 e. The van der Waals surface area contributed by atoms with Gasteiger partial charge >= 0.3 is 5.97 Å². The second-order valence-electron chi connectivity index (χ2n) is 3.10. The molecule has 1 aliphatic rings. The molecule has 2 N–H and O–H groups in total. The number of amides is 1. The molecule has 1 aromatic heterocycles. The number of carboxylic acid groups (broad SMARTS) is 1. The Kier molecular flexibility index (Phi) is 2.20. The highest BCUT2D eigenvalue weighted by Gasteiger charge is 2.39. The number of rotatable bonds is 2. The first kappa shape index (κ1) is 9.14. The van der Waals surface area contributed by atoms with Crippen LogP contribution in [-0.4, -0.2) is 28.0 Å². The lowest BCUT2D eigenvalue weighted by Crippen LogP contribution is -2.35. The number of carboxylic acids is 1. The van der Waals surface area contributed by atoms with Crippen LogP contribution in [0.5, 0.6) is 0 Å². The first-order valence-electron chi connectivity index (χ1n) is 4.09. The summed E-state index contributed by atoms with van der Waals surface area (Å²) in [6.45, 7) is 0. The highest BCUT2D eigenvalue weighted by atomic mass is 32.1. The molecular formula is C8H8N2O3S. The molecule has 2 unspecified atom stereocenters. The molecule has 14 heavy (non-hydrogen) atoms. The number of hydrogen-bond acceptors (Lipinski definition) is 4. The number of aliphatic carboxylic acids is 1. The van der Waals surface area contributed by atoms with Crippen LogP contribution in [0.2, 0.25) is 0 Å². The van der Waals surface area contributed by atoms with Crippen molar-refractivity contribution in [3.8, 4) is 0 Å². The van der Waals surface area contributed by atoms with Crippen LogP contribution >= 0.6 is 11.3 Å². The van der Waals surface area contributed by atoms with E-state index in [-0.39, 0.29) is 18.2 Å². The van der Waals surface area contributed by atoms with Gasteiger partial charge in [0.25, 0.3) is 0 Å². The quantitative estimate of drug-likeness (QED) is 0.734. The van der Waals surface area contributed by atoms with E-state index < -0.39 is 12.0 Å².